The van der Waals surface area contributed by atoms with Gasteiger partial charge < -0.3 is 15.5 Å². The molecule has 0 heterocycles. The average molecular weight is 465 g/mol. The molecule has 0 aromatic heterocycles. The maximum absolute atomic E-state index is 11.7. The molecule has 0 saturated heterocycles. The van der Waals surface area contributed by atoms with Crippen LogP contribution in [0.3, 0.4) is 0 Å². The molecular formula is C17H26ClIN4O. The lowest BCUT2D eigenvalue weighted by atomic mass is 10.1. The van der Waals surface area contributed by atoms with Gasteiger partial charge in [0, 0.05) is 25.7 Å². The summed E-state index contributed by atoms with van der Waals surface area (Å²) in [4.78, 5) is 17.6. The number of guanidine groups is 1. The normalized spacial score (nSPS) is 12.0. The summed E-state index contributed by atoms with van der Waals surface area (Å²) in [5.74, 6) is 0.507. The third kappa shape index (κ3) is 8.54. The van der Waals surface area contributed by atoms with Crippen LogP contribution < -0.4 is 10.6 Å². The molecule has 1 amide bonds. The van der Waals surface area contributed by atoms with Crippen molar-refractivity contribution >= 4 is 47.4 Å². The van der Waals surface area contributed by atoms with Crippen molar-refractivity contribution in [3.05, 3.63) is 47.0 Å². The van der Waals surface area contributed by atoms with E-state index in [4.69, 9.17) is 11.6 Å². The van der Waals surface area contributed by atoms with Gasteiger partial charge in [0.05, 0.1) is 6.04 Å². The largest absolute Gasteiger partial charge is 0.353 e. The van der Waals surface area contributed by atoms with Crippen molar-refractivity contribution in [3.63, 3.8) is 0 Å². The van der Waals surface area contributed by atoms with Crippen LogP contribution in [-0.4, -0.2) is 44.0 Å². The Labute approximate surface area is 166 Å². The fourth-order valence-corrected chi connectivity index (χ4v) is 1.94. The van der Waals surface area contributed by atoms with Crippen LogP contribution in [0.4, 0.5) is 0 Å². The highest BCUT2D eigenvalue weighted by Crippen LogP contribution is 2.17. The van der Waals surface area contributed by atoms with E-state index in [1.807, 2.05) is 38.1 Å². The van der Waals surface area contributed by atoms with Gasteiger partial charge in [0.2, 0.25) is 5.91 Å². The molecule has 7 heteroatoms. The molecule has 134 valence electrons. The predicted octanol–water partition coefficient (Wildman–Crippen LogP) is 3.22. The van der Waals surface area contributed by atoms with E-state index >= 15 is 0 Å². The number of hydrogen-bond donors (Lipinski definition) is 2. The molecule has 0 radical (unpaired) electrons. The Balaban J connectivity index is 0.00000529. The summed E-state index contributed by atoms with van der Waals surface area (Å²) >= 11 is 6.03. The van der Waals surface area contributed by atoms with E-state index in [1.54, 1.807) is 14.1 Å². The average Bonchev–Trinajstić information content (AvgIpc) is 2.49. The molecular weight excluding hydrogens is 439 g/mol. The molecule has 24 heavy (non-hydrogen) atoms. The van der Waals surface area contributed by atoms with E-state index < -0.39 is 0 Å². The van der Waals surface area contributed by atoms with Gasteiger partial charge in [-0.1, -0.05) is 35.9 Å². The summed E-state index contributed by atoms with van der Waals surface area (Å²) in [6.45, 7) is 8.47. The molecule has 2 N–H and O–H groups in total. The molecule has 1 aromatic carbocycles. The van der Waals surface area contributed by atoms with Gasteiger partial charge in [0.25, 0.3) is 0 Å². The molecule has 1 aromatic rings. The van der Waals surface area contributed by atoms with Crippen molar-refractivity contribution in [2.24, 2.45) is 4.99 Å². The molecule has 0 fully saturated rings. The molecule has 0 bridgehead atoms. The van der Waals surface area contributed by atoms with E-state index in [1.165, 1.54) is 4.90 Å². The van der Waals surface area contributed by atoms with Crippen LogP contribution >= 0.6 is 35.6 Å². The van der Waals surface area contributed by atoms with Gasteiger partial charge in [0.1, 0.15) is 6.54 Å². The first kappa shape index (κ1) is 22.7. The number of rotatable bonds is 6. The van der Waals surface area contributed by atoms with Crippen molar-refractivity contribution in [2.45, 2.75) is 19.9 Å². The van der Waals surface area contributed by atoms with Gasteiger partial charge in [-0.05, 0) is 31.5 Å². The highest BCUT2D eigenvalue weighted by atomic mass is 127. The van der Waals surface area contributed by atoms with Crippen LogP contribution in [0.2, 0.25) is 5.02 Å². The molecule has 0 aliphatic heterocycles. The van der Waals surface area contributed by atoms with E-state index in [0.29, 0.717) is 17.5 Å². The Hall–Kier alpha value is -1.28. The van der Waals surface area contributed by atoms with Crippen molar-refractivity contribution in [1.29, 1.82) is 0 Å². The van der Waals surface area contributed by atoms with Crippen LogP contribution in [0.1, 0.15) is 25.5 Å². The zero-order valence-electron chi connectivity index (χ0n) is 14.6. The van der Waals surface area contributed by atoms with Gasteiger partial charge in [0.15, 0.2) is 5.96 Å². The quantitative estimate of drug-likeness (QED) is 0.294. The Morgan fingerprint density at radius 1 is 1.42 bits per heavy atom. The molecule has 1 rings (SSSR count). The Bertz CT molecular complexity index is 590. The summed E-state index contributed by atoms with van der Waals surface area (Å²) in [5.41, 5.74) is 2.02. The molecule has 5 nitrogen and oxygen atoms in total. The number of carbonyl (C=O) groups is 1. The SMILES string of the molecule is C=C(C)CNC(=NCC(=O)N(C)C)NC(C)c1cccc(Cl)c1.I. The molecule has 1 atom stereocenters. The number of benzene rings is 1. The Morgan fingerprint density at radius 3 is 2.62 bits per heavy atom. The summed E-state index contributed by atoms with van der Waals surface area (Å²) in [6.07, 6.45) is 0. The molecule has 0 aliphatic carbocycles. The van der Waals surface area contributed by atoms with Gasteiger partial charge in [-0.3, -0.25) is 4.79 Å². The monoisotopic (exact) mass is 464 g/mol. The van der Waals surface area contributed by atoms with Gasteiger partial charge in [-0.2, -0.15) is 0 Å². The fraction of sp³-hybridized carbons (Fsp3) is 0.412. The van der Waals surface area contributed by atoms with Crippen molar-refractivity contribution in [2.75, 3.05) is 27.2 Å². The number of halogens is 2. The number of amides is 1. The molecule has 0 aliphatic rings. The number of hydrogen-bond acceptors (Lipinski definition) is 2. The molecule has 1 unspecified atom stereocenters. The first-order valence-electron chi connectivity index (χ1n) is 7.44. The summed E-state index contributed by atoms with van der Waals surface area (Å²) in [6, 6.07) is 7.64. The number of carbonyl (C=O) groups excluding carboxylic acids is 1. The minimum Gasteiger partial charge on any atom is -0.353 e. The standard InChI is InChI=1S/C17H25ClN4O.HI/c1-12(2)10-19-17(20-11-16(23)22(4)5)21-13(3)14-7-6-8-15(18)9-14;/h6-9,13H,1,10-11H2,2-5H3,(H2,19,20,21);1H. The predicted molar refractivity (Wildman–Crippen MR) is 112 cm³/mol. The number of aliphatic imine (C=N–C) groups is 1. The first-order chi connectivity index (χ1) is 10.8. The van der Waals surface area contributed by atoms with Crippen LogP contribution in [0.25, 0.3) is 0 Å². The number of likely N-dealkylation sites (N-methyl/N-ethyl adjacent to an activating group) is 1. The topological polar surface area (TPSA) is 56.7 Å². The van der Waals surface area contributed by atoms with Gasteiger partial charge in [-0.25, -0.2) is 4.99 Å². The highest BCUT2D eigenvalue weighted by Gasteiger charge is 2.10. The molecule has 0 saturated carbocycles. The smallest absolute Gasteiger partial charge is 0.243 e. The van der Waals surface area contributed by atoms with Gasteiger partial charge in [-0.15, -0.1) is 24.0 Å². The Kier molecular flexibility index (Phi) is 10.7. The number of nitrogens with one attached hydrogen (secondary N) is 2. The second-order valence-corrected chi connectivity index (χ2v) is 6.12. The summed E-state index contributed by atoms with van der Waals surface area (Å²) in [5, 5.41) is 7.13. The number of nitrogens with zero attached hydrogens (tertiary/aromatic N) is 2. The van der Waals surface area contributed by atoms with E-state index in [9.17, 15) is 4.79 Å². The third-order valence-corrected chi connectivity index (χ3v) is 3.37. The van der Waals surface area contributed by atoms with Crippen molar-refractivity contribution in [3.8, 4) is 0 Å². The second kappa shape index (κ2) is 11.3. The zero-order valence-corrected chi connectivity index (χ0v) is 17.7. The summed E-state index contributed by atoms with van der Waals surface area (Å²) in [7, 11) is 3.42. The van der Waals surface area contributed by atoms with Crippen LogP contribution in [0.5, 0.6) is 0 Å². The third-order valence-electron chi connectivity index (χ3n) is 3.13. The second-order valence-electron chi connectivity index (χ2n) is 5.68. The van der Waals surface area contributed by atoms with Crippen LogP contribution in [0.15, 0.2) is 41.4 Å². The minimum atomic E-state index is -0.0585. The minimum absolute atomic E-state index is 0. The fourth-order valence-electron chi connectivity index (χ4n) is 1.74. The van der Waals surface area contributed by atoms with E-state index in [0.717, 1.165) is 11.1 Å². The lowest BCUT2D eigenvalue weighted by molar-refractivity contribution is -0.127. The van der Waals surface area contributed by atoms with Gasteiger partial charge >= 0.3 is 0 Å². The van der Waals surface area contributed by atoms with E-state index in [2.05, 4.69) is 22.2 Å². The van der Waals surface area contributed by atoms with Crippen LogP contribution in [-0.2, 0) is 4.79 Å². The summed E-state index contributed by atoms with van der Waals surface area (Å²) < 4.78 is 0. The molecule has 0 spiro atoms. The zero-order chi connectivity index (χ0) is 17.4. The maximum atomic E-state index is 11.7. The Morgan fingerprint density at radius 2 is 2.08 bits per heavy atom. The van der Waals surface area contributed by atoms with Crippen molar-refractivity contribution in [1.82, 2.24) is 15.5 Å². The highest BCUT2D eigenvalue weighted by molar-refractivity contribution is 14.0. The maximum Gasteiger partial charge on any atom is 0.243 e. The van der Waals surface area contributed by atoms with Crippen LogP contribution in [0, 0.1) is 0 Å². The van der Waals surface area contributed by atoms with E-state index in [-0.39, 0.29) is 42.5 Å². The lowest BCUT2D eigenvalue weighted by Crippen LogP contribution is -2.40. The lowest BCUT2D eigenvalue weighted by Gasteiger charge is -2.19. The first-order valence-corrected chi connectivity index (χ1v) is 7.82. The van der Waals surface area contributed by atoms with Crippen molar-refractivity contribution < 1.29 is 4.79 Å².